The highest BCUT2D eigenvalue weighted by Crippen LogP contribution is 2.20. The SMILES string of the molecule is CC[C@H](C)[C@H](NC(=O)N(C)Cc1csc(CNC(=O)O)n1)C(=O)N[C@@H](Cc1ccccc1)[C@H](O)CN(CC(C)C)S(=O)(=O)c1ccc(/C=N/O)cc1. The third-order valence-corrected chi connectivity index (χ3v) is 11.0. The number of nitrogens with zero attached hydrogens (tertiary/aromatic N) is 4. The topological polar surface area (TPSA) is 214 Å². The monoisotopic (exact) mass is 759 g/mol. The predicted molar refractivity (Wildman–Crippen MR) is 198 cm³/mol. The van der Waals surface area contributed by atoms with E-state index in [2.05, 4.69) is 26.1 Å². The van der Waals surface area contributed by atoms with Crippen molar-refractivity contribution in [2.45, 2.75) is 76.7 Å². The first-order valence-electron chi connectivity index (χ1n) is 16.9. The number of thiazole rings is 1. The average molecular weight is 760 g/mol. The number of carbonyl (C=O) groups is 3. The van der Waals surface area contributed by atoms with E-state index in [0.29, 0.717) is 22.7 Å². The van der Waals surface area contributed by atoms with Crippen molar-refractivity contribution in [1.82, 2.24) is 30.1 Å². The molecule has 4 amide bonds. The van der Waals surface area contributed by atoms with Gasteiger partial charge in [-0.15, -0.1) is 11.3 Å². The standard InChI is InChI=1S/C35H49N7O8S2/c1-6-24(4)32(40-34(45)41(5)20-27-22-51-31(38-27)18-36-35(46)47)33(44)39-29(16-25-10-8-7-9-11-25)30(43)21-42(19-23(2)3)52(49,50)28-14-12-26(13-15-28)17-37-48/h7-15,17,22-24,29-30,32,36,43,48H,6,16,18-21H2,1-5H3,(H,39,44)(H,40,45)(H,46,47)/b37-17+/t24-,29-,30+,32-/m0/s1. The van der Waals surface area contributed by atoms with Gasteiger partial charge in [0.05, 0.1) is 42.0 Å². The van der Waals surface area contributed by atoms with Crippen LogP contribution in [0.15, 0.2) is 70.0 Å². The molecule has 15 nitrogen and oxygen atoms in total. The smallest absolute Gasteiger partial charge is 0.405 e. The fourth-order valence-corrected chi connectivity index (χ4v) is 7.64. The minimum absolute atomic E-state index is 0.00597. The van der Waals surface area contributed by atoms with Gasteiger partial charge in [0, 0.05) is 25.5 Å². The van der Waals surface area contributed by atoms with Gasteiger partial charge in [0.15, 0.2) is 0 Å². The summed E-state index contributed by atoms with van der Waals surface area (Å²) in [6, 6.07) is 12.5. The normalized spacial score (nSPS) is 14.2. The lowest BCUT2D eigenvalue weighted by atomic mass is 9.96. The quantitative estimate of drug-likeness (QED) is 0.0596. The molecule has 0 aliphatic carbocycles. The van der Waals surface area contributed by atoms with E-state index in [0.717, 1.165) is 5.56 Å². The highest BCUT2D eigenvalue weighted by Gasteiger charge is 2.34. The maximum absolute atomic E-state index is 14.0. The van der Waals surface area contributed by atoms with Crippen LogP contribution in [0.2, 0.25) is 0 Å². The molecule has 0 aliphatic heterocycles. The van der Waals surface area contributed by atoms with Crippen LogP contribution in [0.25, 0.3) is 0 Å². The molecule has 4 atom stereocenters. The van der Waals surface area contributed by atoms with Gasteiger partial charge in [0.2, 0.25) is 15.9 Å². The first kappa shape index (κ1) is 41.8. The largest absolute Gasteiger partial charge is 0.465 e. The zero-order valence-electron chi connectivity index (χ0n) is 30.0. The average Bonchev–Trinajstić information content (AvgIpc) is 3.56. The van der Waals surface area contributed by atoms with Crippen LogP contribution < -0.4 is 16.0 Å². The lowest BCUT2D eigenvalue weighted by Crippen LogP contribution is -2.58. The Morgan fingerprint density at radius 1 is 1.02 bits per heavy atom. The van der Waals surface area contributed by atoms with Crippen LogP contribution in [-0.2, 0) is 34.3 Å². The molecular formula is C35H49N7O8S2. The number of aromatic nitrogens is 1. The summed E-state index contributed by atoms with van der Waals surface area (Å²) in [4.78, 5) is 43.8. The van der Waals surface area contributed by atoms with Crippen molar-refractivity contribution in [3.05, 3.63) is 81.8 Å². The second-order valence-electron chi connectivity index (χ2n) is 13.0. The molecule has 3 aromatic rings. The first-order valence-corrected chi connectivity index (χ1v) is 19.2. The van der Waals surface area contributed by atoms with Crippen LogP contribution in [0.3, 0.4) is 0 Å². The number of benzene rings is 2. The molecule has 17 heteroatoms. The maximum atomic E-state index is 14.0. The molecule has 2 aromatic carbocycles. The van der Waals surface area contributed by atoms with Crippen molar-refractivity contribution in [3.8, 4) is 0 Å². The predicted octanol–water partition coefficient (Wildman–Crippen LogP) is 3.71. The number of rotatable bonds is 19. The van der Waals surface area contributed by atoms with Crippen molar-refractivity contribution >= 4 is 45.6 Å². The molecule has 0 saturated carbocycles. The Labute approximate surface area is 308 Å². The number of oxime groups is 1. The van der Waals surface area contributed by atoms with Crippen molar-refractivity contribution in [3.63, 3.8) is 0 Å². The summed E-state index contributed by atoms with van der Waals surface area (Å²) in [5, 5.41) is 42.6. The summed E-state index contributed by atoms with van der Waals surface area (Å²) >= 11 is 1.25. The number of aliphatic hydroxyl groups excluding tert-OH is 1. The van der Waals surface area contributed by atoms with Crippen LogP contribution in [0.1, 0.15) is 55.9 Å². The van der Waals surface area contributed by atoms with E-state index in [1.54, 1.807) is 12.4 Å². The van der Waals surface area contributed by atoms with Gasteiger partial charge in [-0.3, -0.25) is 4.79 Å². The third-order valence-electron chi connectivity index (χ3n) is 8.29. The number of amides is 4. The van der Waals surface area contributed by atoms with E-state index in [1.807, 2.05) is 58.0 Å². The van der Waals surface area contributed by atoms with E-state index in [9.17, 15) is 27.9 Å². The number of hydrogen-bond acceptors (Lipinski definition) is 10. The lowest BCUT2D eigenvalue weighted by Gasteiger charge is -2.33. The molecule has 52 heavy (non-hydrogen) atoms. The summed E-state index contributed by atoms with van der Waals surface area (Å²) in [5.74, 6) is -0.938. The van der Waals surface area contributed by atoms with Gasteiger partial charge >= 0.3 is 12.1 Å². The molecule has 0 unspecified atom stereocenters. The maximum Gasteiger partial charge on any atom is 0.405 e. The third kappa shape index (κ3) is 12.6. The molecule has 3 rings (SSSR count). The second-order valence-corrected chi connectivity index (χ2v) is 15.8. The summed E-state index contributed by atoms with van der Waals surface area (Å²) in [6.07, 6.45) is -0.608. The molecule has 0 saturated heterocycles. The van der Waals surface area contributed by atoms with Gasteiger partial charge in [0.25, 0.3) is 0 Å². The van der Waals surface area contributed by atoms with Crippen molar-refractivity contribution in [2.24, 2.45) is 17.0 Å². The Bertz CT molecular complexity index is 1740. The van der Waals surface area contributed by atoms with Gasteiger partial charge < -0.3 is 36.3 Å². The Morgan fingerprint density at radius 2 is 1.69 bits per heavy atom. The molecule has 0 spiro atoms. The number of sulfonamides is 1. The van der Waals surface area contributed by atoms with Crippen molar-refractivity contribution < 1.29 is 38.2 Å². The summed E-state index contributed by atoms with van der Waals surface area (Å²) < 4.78 is 28.9. The Kier molecular flexibility index (Phi) is 16.0. The minimum atomic E-state index is -4.09. The highest BCUT2D eigenvalue weighted by atomic mass is 32.2. The second kappa shape index (κ2) is 19.9. The zero-order chi connectivity index (χ0) is 38.4. The van der Waals surface area contributed by atoms with Gasteiger partial charge in [-0.2, -0.15) is 4.31 Å². The van der Waals surface area contributed by atoms with Gasteiger partial charge in [-0.25, -0.2) is 23.0 Å². The van der Waals surface area contributed by atoms with Crippen LogP contribution in [0.4, 0.5) is 9.59 Å². The van der Waals surface area contributed by atoms with Gasteiger partial charge in [-0.05, 0) is 41.5 Å². The van der Waals surface area contributed by atoms with E-state index in [4.69, 9.17) is 10.3 Å². The van der Waals surface area contributed by atoms with Crippen LogP contribution >= 0.6 is 11.3 Å². The van der Waals surface area contributed by atoms with E-state index in [1.165, 1.54) is 51.0 Å². The number of aliphatic hydroxyl groups is 1. The van der Waals surface area contributed by atoms with E-state index >= 15 is 0 Å². The Morgan fingerprint density at radius 3 is 2.29 bits per heavy atom. The number of carboxylic acid groups (broad SMARTS) is 1. The number of hydrogen-bond donors (Lipinski definition) is 6. The molecule has 284 valence electrons. The molecule has 0 bridgehead atoms. The molecule has 6 N–H and O–H groups in total. The Balaban J connectivity index is 1.83. The fourth-order valence-electron chi connectivity index (χ4n) is 5.29. The lowest BCUT2D eigenvalue weighted by molar-refractivity contribution is -0.125. The van der Waals surface area contributed by atoms with Crippen molar-refractivity contribution in [1.29, 1.82) is 0 Å². The first-order chi connectivity index (χ1) is 24.6. The van der Waals surface area contributed by atoms with Crippen LogP contribution in [0.5, 0.6) is 0 Å². The highest BCUT2D eigenvalue weighted by molar-refractivity contribution is 7.89. The Hall–Kier alpha value is -4.58. The fraction of sp³-hybridized carbons (Fsp3) is 0.457. The minimum Gasteiger partial charge on any atom is -0.465 e. The molecular weight excluding hydrogens is 711 g/mol. The number of nitrogens with one attached hydrogen (secondary N) is 3. The number of urea groups is 1. The molecule has 0 fully saturated rings. The molecule has 0 radical (unpaired) electrons. The molecule has 0 aliphatic rings. The van der Waals surface area contributed by atoms with Gasteiger partial charge in [0.1, 0.15) is 11.0 Å². The summed E-state index contributed by atoms with van der Waals surface area (Å²) in [6.45, 7) is 7.35. The van der Waals surface area contributed by atoms with E-state index < -0.39 is 46.2 Å². The number of carbonyl (C=O) groups excluding carboxylic acids is 2. The van der Waals surface area contributed by atoms with Crippen LogP contribution in [0, 0.1) is 11.8 Å². The zero-order valence-corrected chi connectivity index (χ0v) is 31.6. The van der Waals surface area contributed by atoms with Gasteiger partial charge in [-0.1, -0.05) is 81.7 Å². The molecule has 1 aromatic heterocycles. The van der Waals surface area contributed by atoms with E-state index in [-0.39, 0.29) is 49.3 Å². The van der Waals surface area contributed by atoms with Crippen molar-refractivity contribution in [2.75, 3.05) is 20.1 Å². The summed E-state index contributed by atoms with van der Waals surface area (Å²) in [7, 11) is -2.54. The van der Waals surface area contributed by atoms with Crippen LogP contribution in [-0.4, -0.2) is 101 Å². The molecule has 1 heterocycles. The summed E-state index contributed by atoms with van der Waals surface area (Å²) in [5.41, 5.74) is 1.85.